The molecule has 1 aliphatic heterocycles. The van der Waals surface area contributed by atoms with Gasteiger partial charge >= 0.3 is 6.61 Å². The van der Waals surface area contributed by atoms with Crippen molar-refractivity contribution in [3.05, 3.63) is 29.6 Å². The molecule has 9 heteroatoms. The lowest BCUT2D eigenvalue weighted by Crippen LogP contribution is -2.38. The van der Waals surface area contributed by atoms with Crippen LogP contribution in [0.4, 0.5) is 13.2 Å². The molecule has 0 atom stereocenters. The van der Waals surface area contributed by atoms with Crippen LogP contribution >= 0.6 is 0 Å². The highest BCUT2D eigenvalue weighted by Crippen LogP contribution is 2.24. The normalized spacial score (nSPS) is 15.6. The molecule has 6 nitrogen and oxygen atoms in total. The first kappa shape index (κ1) is 23.3. The first-order chi connectivity index (χ1) is 14.1. The highest BCUT2D eigenvalue weighted by atomic mass is 19.3. The molecular formula is C20H30F3N3O3. The average Bonchev–Trinajstić information content (AvgIpc) is 2.70. The molecule has 0 saturated carbocycles. The second kappa shape index (κ2) is 13.3. The number of ether oxygens (including phenoxy) is 3. The Bertz CT molecular complexity index is 626. The van der Waals surface area contributed by atoms with Gasteiger partial charge in [-0.1, -0.05) is 6.07 Å². The van der Waals surface area contributed by atoms with Crippen LogP contribution in [0.1, 0.15) is 31.7 Å². The molecule has 1 aromatic carbocycles. The number of hydrogen-bond donors (Lipinski definition) is 2. The van der Waals surface area contributed by atoms with Crippen LogP contribution < -0.4 is 15.4 Å². The third kappa shape index (κ3) is 8.91. The largest absolute Gasteiger partial charge is 0.434 e. The van der Waals surface area contributed by atoms with Gasteiger partial charge in [-0.15, -0.1) is 0 Å². The second-order valence-electron chi connectivity index (χ2n) is 6.70. The monoisotopic (exact) mass is 417 g/mol. The SMILES string of the molecule is CCNC(=NCc1c(F)cccc1OC(F)F)NCCCOCC1CCOCC1. The van der Waals surface area contributed by atoms with E-state index in [0.29, 0.717) is 31.6 Å². The lowest BCUT2D eigenvalue weighted by Gasteiger charge is -2.21. The topological polar surface area (TPSA) is 64.1 Å². The zero-order valence-electron chi connectivity index (χ0n) is 16.8. The summed E-state index contributed by atoms with van der Waals surface area (Å²) >= 11 is 0. The van der Waals surface area contributed by atoms with Crippen molar-refractivity contribution in [1.29, 1.82) is 0 Å². The number of aliphatic imine (C=N–C) groups is 1. The van der Waals surface area contributed by atoms with Crippen molar-refractivity contribution in [2.24, 2.45) is 10.9 Å². The van der Waals surface area contributed by atoms with Gasteiger partial charge in [0.1, 0.15) is 11.6 Å². The maximum atomic E-state index is 14.0. The molecule has 1 aliphatic rings. The van der Waals surface area contributed by atoms with Crippen LogP contribution in [0, 0.1) is 11.7 Å². The lowest BCUT2D eigenvalue weighted by atomic mass is 10.0. The van der Waals surface area contributed by atoms with Gasteiger partial charge in [-0.2, -0.15) is 8.78 Å². The van der Waals surface area contributed by atoms with Crippen molar-refractivity contribution < 1.29 is 27.4 Å². The Kier molecular flexibility index (Phi) is 10.6. The highest BCUT2D eigenvalue weighted by Gasteiger charge is 2.14. The Morgan fingerprint density at radius 1 is 1.28 bits per heavy atom. The summed E-state index contributed by atoms with van der Waals surface area (Å²) in [6.07, 6.45) is 2.87. The van der Waals surface area contributed by atoms with Crippen LogP contribution in [0.5, 0.6) is 5.75 Å². The van der Waals surface area contributed by atoms with E-state index in [-0.39, 0.29) is 17.9 Å². The molecule has 0 radical (unpaired) electrons. The summed E-state index contributed by atoms with van der Waals surface area (Å²) in [5.41, 5.74) is -0.00945. The summed E-state index contributed by atoms with van der Waals surface area (Å²) in [4.78, 5) is 4.28. The summed E-state index contributed by atoms with van der Waals surface area (Å²) in [6.45, 7) is 3.00. The molecule has 2 N–H and O–H groups in total. The summed E-state index contributed by atoms with van der Waals surface area (Å²) in [7, 11) is 0. The van der Waals surface area contributed by atoms with E-state index >= 15 is 0 Å². The van der Waals surface area contributed by atoms with Crippen molar-refractivity contribution in [1.82, 2.24) is 10.6 Å². The van der Waals surface area contributed by atoms with Crippen LogP contribution in [0.2, 0.25) is 0 Å². The Hall–Kier alpha value is -2.00. The molecule has 0 amide bonds. The first-order valence-corrected chi connectivity index (χ1v) is 10.00. The molecular weight excluding hydrogens is 387 g/mol. The maximum absolute atomic E-state index is 14.0. The van der Waals surface area contributed by atoms with Gasteiger partial charge in [-0.05, 0) is 44.2 Å². The van der Waals surface area contributed by atoms with Crippen molar-refractivity contribution in [2.75, 3.05) is 39.5 Å². The highest BCUT2D eigenvalue weighted by molar-refractivity contribution is 5.79. The van der Waals surface area contributed by atoms with Gasteiger partial charge in [0.15, 0.2) is 5.96 Å². The van der Waals surface area contributed by atoms with Gasteiger partial charge in [-0.3, -0.25) is 0 Å². The molecule has 0 bridgehead atoms. The van der Waals surface area contributed by atoms with E-state index in [4.69, 9.17) is 9.47 Å². The minimum Gasteiger partial charge on any atom is -0.434 e. The summed E-state index contributed by atoms with van der Waals surface area (Å²) < 4.78 is 54.5. The molecule has 0 unspecified atom stereocenters. The van der Waals surface area contributed by atoms with Crippen molar-refractivity contribution in [3.63, 3.8) is 0 Å². The summed E-state index contributed by atoms with van der Waals surface area (Å²) in [6, 6.07) is 3.82. The predicted octanol–water partition coefficient (Wildman–Crippen LogP) is 3.32. The zero-order valence-corrected chi connectivity index (χ0v) is 16.8. The zero-order chi connectivity index (χ0) is 20.9. The van der Waals surface area contributed by atoms with E-state index in [1.54, 1.807) is 0 Å². The van der Waals surface area contributed by atoms with Gasteiger partial charge in [0.2, 0.25) is 0 Å². The second-order valence-corrected chi connectivity index (χ2v) is 6.70. The molecule has 1 heterocycles. The number of halogens is 3. The molecule has 1 aromatic rings. The number of hydrogen-bond acceptors (Lipinski definition) is 4. The average molecular weight is 417 g/mol. The smallest absolute Gasteiger partial charge is 0.387 e. The first-order valence-electron chi connectivity index (χ1n) is 10.00. The van der Waals surface area contributed by atoms with E-state index in [1.807, 2.05) is 6.92 Å². The van der Waals surface area contributed by atoms with Crippen molar-refractivity contribution in [3.8, 4) is 5.75 Å². The quantitative estimate of drug-likeness (QED) is 0.329. The van der Waals surface area contributed by atoms with Crippen molar-refractivity contribution >= 4 is 5.96 Å². The number of nitrogens with zero attached hydrogens (tertiary/aromatic N) is 1. The van der Waals surface area contributed by atoms with Crippen LogP contribution in [-0.2, 0) is 16.0 Å². The Morgan fingerprint density at radius 2 is 2.07 bits per heavy atom. The molecule has 164 valence electrons. The molecule has 0 aromatic heterocycles. The van der Waals surface area contributed by atoms with E-state index < -0.39 is 12.4 Å². The lowest BCUT2D eigenvalue weighted by molar-refractivity contribution is -0.0506. The van der Waals surface area contributed by atoms with Crippen LogP contribution in [0.3, 0.4) is 0 Å². The minimum atomic E-state index is -3.02. The number of guanidine groups is 1. The standard InChI is InChI=1S/C20H30F3N3O3/c1-2-24-20(25-9-4-10-28-14-15-7-11-27-12-8-15)26-13-16-17(21)5-3-6-18(16)29-19(22)23/h3,5-6,15,19H,2,4,7-14H2,1H3,(H2,24,25,26). The number of alkyl halides is 2. The van der Waals surface area contributed by atoms with Crippen LogP contribution in [-0.4, -0.2) is 52.1 Å². The minimum absolute atomic E-state index is 0.00945. The molecule has 0 spiro atoms. The Labute approximate surface area is 169 Å². The Morgan fingerprint density at radius 3 is 2.79 bits per heavy atom. The Balaban J connectivity index is 1.77. The van der Waals surface area contributed by atoms with E-state index in [1.165, 1.54) is 18.2 Å². The maximum Gasteiger partial charge on any atom is 0.387 e. The van der Waals surface area contributed by atoms with E-state index in [9.17, 15) is 13.2 Å². The van der Waals surface area contributed by atoms with Gasteiger partial charge in [-0.25, -0.2) is 9.38 Å². The van der Waals surface area contributed by atoms with Gasteiger partial charge < -0.3 is 24.8 Å². The fraction of sp³-hybridized carbons (Fsp3) is 0.650. The molecule has 1 saturated heterocycles. The molecule has 1 fully saturated rings. The number of nitrogens with one attached hydrogen (secondary N) is 2. The number of benzene rings is 1. The fourth-order valence-corrected chi connectivity index (χ4v) is 2.94. The van der Waals surface area contributed by atoms with Crippen LogP contribution in [0.25, 0.3) is 0 Å². The van der Waals surface area contributed by atoms with E-state index in [2.05, 4.69) is 20.4 Å². The number of rotatable bonds is 11. The summed E-state index contributed by atoms with van der Waals surface area (Å²) in [5.74, 6) is 0.203. The molecule has 2 rings (SSSR count). The molecule has 29 heavy (non-hydrogen) atoms. The van der Waals surface area contributed by atoms with Crippen LogP contribution in [0.15, 0.2) is 23.2 Å². The predicted molar refractivity (Wildman–Crippen MR) is 105 cm³/mol. The van der Waals surface area contributed by atoms with Gasteiger partial charge in [0.25, 0.3) is 0 Å². The third-order valence-corrected chi connectivity index (χ3v) is 4.48. The third-order valence-electron chi connectivity index (χ3n) is 4.48. The van der Waals surface area contributed by atoms with Gasteiger partial charge in [0.05, 0.1) is 12.1 Å². The van der Waals surface area contributed by atoms with Gasteiger partial charge in [0, 0.05) is 39.5 Å². The van der Waals surface area contributed by atoms with Crippen molar-refractivity contribution in [2.45, 2.75) is 39.3 Å². The fourth-order valence-electron chi connectivity index (χ4n) is 2.94. The summed E-state index contributed by atoms with van der Waals surface area (Å²) in [5, 5.41) is 6.18. The van der Waals surface area contributed by atoms with E-state index in [0.717, 1.165) is 39.1 Å². The molecule has 0 aliphatic carbocycles.